The summed E-state index contributed by atoms with van der Waals surface area (Å²) in [6.07, 6.45) is 1.85. The molecule has 0 aliphatic carbocycles. The summed E-state index contributed by atoms with van der Waals surface area (Å²) in [6.45, 7) is 6.87. The van der Waals surface area contributed by atoms with Gasteiger partial charge in [-0.25, -0.2) is 9.97 Å². The molecule has 1 aromatic heterocycles. The number of carbonyl (C=O) groups excluding carboxylic acids is 1. The van der Waals surface area contributed by atoms with E-state index in [0.29, 0.717) is 55.9 Å². The topological polar surface area (TPSA) is 88.3 Å². The third-order valence-corrected chi connectivity index (χ3v) is 5.14. The van der Waals surface area contributed by atoms with Crippen molar-refractivity contribution in [2.45, 2.75) is 32.6 Å². The fourth-order valence-corrected chi connectivity index (χ4v) is 3.24. The van der Waals surface area contributed by atoms with Crippen molar-refractivity contribution in [2.75, 3.05) is 37.8 Å². The van der Waals surface area contributed by atoms with Crippen LogP contribution in [-0.4, -0.2) is 48.8 Å². The molecule has 1 aliphatic heterocycles. The molecule has 2 heterocycles. The van der Waals surface area contributed by atoms with E-state index in [1.54, 1.807) is 0 Å². The average Bonchev–Trinajstić information content (AvgIpc) is 2.75. The quantitative estimate of drug-likeness (QED) is 0.680. The van der Waals surface area contributed by atoms with Gasteiger partial charge in [-0.3, -0.25) is 4.79 Å². The minimum absolute atomic E-state index is 0.296. The Bertz CT molecular complexity index is 854. The molecule has 28 heavy (non-hydrogen) atoms. The number of anilines is 1. The second-order valence-electron chi connectivity index (χ2n) is 6.90. The Labute approximate surface area is 165 Å². The van der Waals surface area contributed by atoms with E-state index in [1.165, 1.54) is 0 Å². The van der Waals surface area contributed by atoms with Crippen LogP contribution in [0.15, 0.2) is 24.3 Å². The molecule has 1 aliphatic rings. The van der Waals surface area contributed by atoms with Crippen molar-refractivity contribution < 1.29 is 14.3 Å². The normalized spacial score (nSPS) is 15.4. The number of hydrogen-bond donors (Lipinski definition) is 0. The minimum atomic E-state index is -1.11. The number of nitriles is 1. The molecule has 2 aromatic rings. The van der Waals surface area contributed by atoms with Gasteiger partial charge < -0.3 is 14.4 Å². The number of benzene rings is 1. The Hall–Kier alpha value is -2.72. The van der Waals surface area contributed by atoms with Crippen LogP contribution in [0.2, 0.25) is 0 Å². The zero-order valence-electron chi connectivity index (χ0n) is 16.4. The van der Waals surface area contributed by atoms with Gasteiger partial charge in [-0.2, -0.15) is 5.26 Å². The van der Waals surface area contributed by atoms with Crippen molar-refractivity contribution in [1.82, 2.24) is 9.97 Å². The molecule has 7 nitrogen and oxygen atoms in total. The highest BCUT2D eigenvalue weighted by molar-refractivity contribution is 5.85. The lowest BCUT2D eigenvalue weighted by Crippen LogP contribution is -2.38. The molecule has 0 N–H and O–H groups in total. The van der Waals surface area contributed by atoms with Crippen LogP contribution in [0, 0.1) is 17.2 Å². The maximum absolute atomic E-state index is 12.7. The first-order valence-electron chi connectivity index (χ1n) is 9.83. The summed E-state index contributed by atoms with van der Waals surface area (Å²) in [5.74, 6) is -0.810. The van der Waals surface area contributed by atoms with Gasteiger partial charge in [-0.05, 0) is 18.1 Å². The molecule has 7 heteroatoms. The van der Waals surface area contributed by atoms with Gasteiger partial charge in [0.05, 0.1) is 36.9 Å². The highest BCUT2D eigenvalue weighted by atomic mass is 16.5. The van der Waals surface area contributed by atoms with Crippen molar-refractivity contribution >= 4 is 22.8 Å². The molecular weight excluding hydrogens is 356 g/mol. The molecule has 148 valence electrons. The van der Waals surface area contributed by atoms with Gasteiger partial charge in [0.15, 0.2) is 11.7 Å². The van der Waals surface area contributed by atoms with Gasteiger partial charge in [0.2, 0.25) is 0 Å². The predicted octanol–water partition coefficient (Wildman–Crippen LogP) is 3.05. The molecule has 1 saturated heterocycles. The maximum Gasteiger partial charge on any atom is 0.329 e. The lowest BCUT2D eigenvalue weighted by molar-refractivity contribution is -0.145. The lowest BCUT2D eigenvalue weighted by Gasteiger charge is -2.29. The number of hydrogen-bond acceptors (Lipinski definition) is 7. The highest BCUT2D eigenvalue weighted by Crippen LogP contribution is 2.28. The molecule has 0 unspecified atom stereocenters. The van der Waals surface area contributed by atoms with Crippen LogP contribution >= 0.6 is 0 Å². The number of aromatic nitrogens is 2. The van der Waals surface area contributed by atoms with Crippen LogP contribution in [0.4, 0.5) is 5.82 Å². The molecule has 1 fully saturated rings. The lowest BCUT2D eigenvalue weighted by atomic mass is 10.0. The summed E-state index contributed by atoms with van der Waals surface area (Å²) in [4.78, 5) is 24.1. The number of carbonyl (C=O) groups is 1. The minimum Gasteiger partial charge on any atom is -0.464 e. The number of morpholine rings is 1. The first-order chi connectivity index (χ1) is 13.7. The maximum atomic E-state index is 12.7. The molecule has 0 spiro atoms. The fourth-order valence-electron chi connectivity index (χ4n) is 3.24. The smallest absolute Gasteiger partial charge is 0.329 e. The zero-order valence-corrected chi connectivity index (χ0v) is 16.4. The van der Waals surface area contributed by atoms with Gasteiger partial charge in [0.25, 0.3) is 0 Å². The summed E-state index contributed by atoms with van der Waals surface area (Å²) in [7, 11) is 0. The fraction of sp³-hybridized carbons (Fsp3) is 0.524. The van der Waals surface area contributed by atoms with Gasteiger partial charge in [-0.15, -0.1) is 0 Å². The summed E-state index contributed by atoms with van der Waals surface area (Å²) < 4.78 is 10.9. The first kappa shape index (κ1) is 20.0. The van der Waals surface area contributed by atoms with E-state index in [2.05, 4.69) is 24.9 Å². The monoisotopic (exact) mass is 382 g/mol. The molecule has 1 aromatic carbocycles. The second kappa shape index (κ2) is 9.47. The van der Waals surface area contributed by atoms with Crippen LogP contribution in [-0.2, 0) is 14.3 Å². The van der Waals surface area contributed by atoms with E-state index in [4.69, 9.17) is 14.5 Å². The average molecular weight is 382 g/mol. The van der Waals surface area contributed by atoms with Gasteiger partial charge in [-0.1, -0.05) is 38.8 Å². The number of rotatable bonds is 7. The van der Waals surface area contributed by atoms with Crippen molar-refractivity contribution in [1.29, 1.82) is 5.26 Å². The molecule has 0 saturated carbocycles. The van der Waals surface area contributed by atoms with E-state index in [1.807, 2.05) is 29.2 Å². The molecule has 0 bridgehead atoms. The van der Waals surface area contributed by atoms with Crippen molar-refractivity contribution in [2.24, 2.45) is 5.92 Å². The Kier molecular flexibility index (Phi) is 6.77. The summed E-state index contributed by atoms with van der Waals surface area (Å²) in [5.41, 5.74) is 1.75. The van der Waals surface area contributed by atoms with Crippen LogP contribution in [0.1, 0.15) is 38.3 Å². The third kappa shape index (κ3) is 4.39. The Morgan fingerprint density at radius 1 is 1.21 bits per heavy atom. The summed E-state index contributed by atoms with van der Waals surface area (Å²) in [5, 5.41) is 9.76. The van der Waals surface area contributed by atoms with E-state index >= 15 is 0 Å². The Morgan fingerprint density at radius 3 is 2.46 bits per heavy atom. The van der Waals surface area contributed by atoms with E-state index in [-0.39, 0.29) is 0 Å². The number of para-hydroxylation sites is 2. The van der Waals surface area contributed by atoms with E-state index < -0.39 is 11.9 Å². The number of esters is 1. The summed E-state index contributed by atoms with van der Waals surface area (Å²) >= 11 is 0. The molecule has 0 amide bonds. The predicted molar refractivity (Wildman–Crippen MR) is 106 cm³/mol. The van der Waals surface area contributed by atoms with Crippen LogP contribution < -0.4 is 4.90 Å². The number of nitrogens with zero attached hydrogens (tertiary/aromatic N) is 4. The van der Waals surface area contributed by atoms with Gasteiger partial charge in [0.1, 0.15) is 5.69 Å². The van der Waals surface area contributed by atoms with E-state index in [9.17, 15) is 10.1 Å². The van der Waals surface area contributed by atoms with Crippen LogP contribution in [0.5, 0.6) is 0 Å². The third-order valence-electron chi connectivity index (χ3n) is 5.14. The number of fused-ring (bicyclic) bond motifs is 1. The summed E-state index contributed by atoms with van der Waals surface area (Å²) in [6, 6.07) is 9.55. The van der Waals surface area contributed by atoms with Crippen molar-refractivity contribution in [3.8, 4) is 6.07 Å². The van der Waals surface area contributed by atoms with Crippen molar-refractivity contribution in [3.05, 3.63) is 30.0 Å². The zero-order chi connectivity index (χ0) is 19.9. The van der Waals surface area contributed by atoms with Crippen molar-refractivity contribution in [3.63, 3.8) is 0 Å². The Balaban J connectivity index is 1.95. The second-order valence-corrected chi connectivity index (χ2v) is 6.90. The molecule has 3 rings (SSSR count). The highest BCUT2D eigenvalue weighted by Gasteiger charge is 2.31. The molecular formula is C21H26N4O3. The van der Waals surface area contributed by atoms with Crippen LogP contribution in [0.25, 0.3) is 11.0 Å². The van der Waals surface area contributed by atoms with Crippen LogP contribution in [0.3, 0.4) is 0 Å². The molecule has 1 atom stereocenters. The SMILES string of the molecule is CCC(CC)COC(=O)[C@H](C#N)c1nc2ccccc2nc1N1CCOCC1. The number of ether oxygens (including phenoxy) is 2. The van der Waals surface area contributed by atoms with Gasteiger partial charge >= 0.3 is 5.97 Å². The molecule has 0 radical (unpaired) electrons. The van der Waals surface area contributed by atoms with E-state index in [0.717, 1.165) is 18.4 Å². The standard InChI is InChI=1S/C21H26N4O3/c1-3-15(4-2)14-28-21(26)16(13-22)19-20(25-9-11-27-12-10-25)24-18-8-6-5-7-17(18)23-19/h5-8,15-16H,3-4,9-12,14H2,1-2H3/t16-/m1/s1. The Morgan fingerprint density at radius 2 is 1.86 bits per heavy atom. The first-order valence-corrected chi connectivity index (χ1v) is 9.83. The largest absolute Gasteiger partial charge is 0.464 e. The van der Waals surface area contributed by atoms with Gasteiger partial charge in [0, 0.05) is 13.1 Å².